The second-order valence-corrected chi connectivity index (χ2v) is 9.13. The summed E-state index contributed by atoms with van der Waals surface area (Å²) in [5.74, 6) is -0.510. The molecule has 0 aliphatic heterocycles. The first-order valence-corrected chi connectivity index (χ1v) is 12.2. The molecule has 0 saturated heterocycles. The molecule has 0 heterocycles. The van der Waals surface area contributed by atoms with E-state index in [2.05, 4.69) is 16.0 Å². The van der Waals surface area contributed by atoms with E-state index in [0.717, 1.165) is 0 Å². The number of carbonyl (C=O) groups excluding carboxylic acids is 3. The zero-order valence-electron chi connectivity index (χ0n) is 22.3. The lowest BCUT2D eigenvalue weighted by molar-refractivity contribution is -0.899. The summed E-state index contributed by atoms with van der Waals surface area (Å²) in [6.07, 6.45) is -0.932. The number of rotatable bonds is 23. The van der Waals surface area contributed by atoms with Crippen LogP contribution in [0.3, 0.4) is 0 Å². The molecule has 0 fully saturated rings. The maximum Gasteiger partial charge on any atom is 0.246 e. The number of aliphatic hydroxyl groups is 2. The maximum absolute atomic E-state index is 12.6. The van der Waals surface area contributed by atoms with Crippen molar-refractivity contribution >= 4 is 17.5 Å². The highest BCUT2D eigenvalue weighted by atomic mass is 16.6. The first-order valence-electron chi connectivity index (χ1n) is 12.2. The normalized spacial score (nSPS) is 14.5. The molecule has 0 aromatic carbocycles. The molecule has 2 unspecified atom stereocenters. The van der Waals surface area contributed by atoms with Gasteiger partial charge in [-0.1, -0.05) is 0 Å². The van der Waals surface area contributed by atoms with E-state index in [1.165, 1.54) is 14.0 Å². The van der Waals surface area contributed by atoms with Crippen LogP contribution in [-0.2, 0) is 28.6 Å². The highest BCUT2D eigenvalue weighted by Gasteiger charge is 2.37. The summed E-state index contributed by atoms with van der Waals surface area (Å²) in [5.41, 5.74) is -1.04. The third-order valence-corrected chi connectivity index (χ3v) is 6.09. The fraction of sp³-hybridized carbons (Fsp3) is 0.870. The number of likely N-dealkylation sites (N-methyl/N-ethyl adjacent to an activating group) is 2. The number of hydrogen-bond donors (Lipinski definition) is 5. The Bertz CT molecular complexity index is 645. The lowest BCUT2D eigenvalue weighted by Crippen LogP contribution is -2.59. The van der Waals surface area contributed by atoms with Crippen LogP contribution in [0, 0.1) is 5.21 Å². The van der Waals surface area contributed by atoms with Gasteiger partial charge < -0.3 is 50.2 Å². The monoisotopic (exact) mass is 522 g/mol. The molecule has 0 aromatic heterocycles. The third-order valence-electron chi connectivity index (χ3n) is 6.09. The Kier molecular flexibility index (Phi) is 17.9. The number of hydrogen-bond acceptors (Lipinski definition) is 11. The van der Waals surface area contributed by atoms with E-state index in [1.807, 2.05) is 0 Å². The third kappa shape index (κ3) is 14.9. The average Bonchev–Trinajstić information content (AvgIpc) is 2.80. The number of carbonyl (C=O) groups is 3. The van der Waals surface area contributed by atoms with Crippen LogP contribution in [0.4, 0.5) is 0 Å². The van der Waals surface area contributed by atoms with Gasteiger partial charge in [0.1, 0.15) is 18.9 Å². The summed E-state index contributed by atoms with van der Waals surface area (Å²) < 4.78 is 15.2. The van der Waals surface area contributed by atoms with Gasteiger partial charge in [-0.3, -0.25) is 14.4 Å². The van der Waals surface area contributed by atoms with E-state index < -0.39 is 22.5 Å². The molecule has 0 spiro atoms. The zero-order valence-corrected chi connectivity index (χ0v) is 22.3. The summed E-state index contributed by atoms with van der Waals surface area (Å²) >= 11 is 0. The molecule has 2 atom stereocenters. The largest absolute Gasteiger partial charge is 0.632 e. The van der Waals surface area contributed by atoms with Crippen molar-refractivity contribution in [3.63, 3.8) is 0 Å². The van der Waals surface area contributed by atoms with Gasteiger partial charge >= 0.3 is 0 Å². The van der Waals surface area contributed by atoms with Crippen molar-refractivity contribution in [2.45, 2.75) is 51.5 Å². The van der Waals surface area contributed by atoms with Crippen LogP contribution in [-0.4, -0.2) is 130 Å². The van der Waals surface area contributed by atoms with Crippen LogP contribution >= 0.6 is 0 Å². The van der Waals surface area contributed by atoms with Crippen LogP contribution in [0.1, 0.15) is 33.6 Å². The fourth-order valence-corrected chi connectivity index (χ4v) is 2.87. The summed E-state index contributed by atoms with van der Waals surface area (Å²) in [6, 6.07) is -0.536. The number of quaternary nitrogens is 1. The van der Waals surface area contributed by atoms with E-state index in [0.29, 0.717) is 26.2 Å². The van der Waals surface area contributed by atoms with Gasteiger partial charge in [0.2, 0.25) is 5.91 Å². The molecule has 0 aliphatic rings. The number of nitrogens with one attached hydrogen (secondary N) is 3. The summed E-state index contributed by atoms with van der Waals surface area (Å²) in [4.78, 5) is 35.1. The van der Waals surface area contributed by atoms with Crippen LogP contribution in [0.2, 0.25) is 0 Å². The van der Waals surface area contributed by atoms with Gasteiger partial charge in [0.15, 0.2) is 17.6 Å². The van der Waals surface area contributed by atoms with Crippen molar-refractivity contribution < 1.29 is 43.5 Å². The van der Waals surface area contributed by atoms with E-state index >= 15 is 0 Å². The van der Waals surface area contributed by atoms with E-state index in [1.54, 1.807) is 20.9 Å². The zero-order chi connectivity index (χ0) is 27.6. The standard InChI is InChI=1S/C23H46N4O9/c1-18(28)23(2,3)27(5,33)10-13-34-12-9-26-21(30)17-36-15-14-35-11-8-25-16-19(29)6-7-20(24-4)22(31)32/h20,22,24-25,31-32H,6-17H2,1-5H3,(H,26,30). The molecule has 0 aliphatic carbocycles. The topological polar surface area (TPSA) is 179 Å². The van der Waals surface area contributed by atoms with Crippen LogP contribution in [0.15, 0.2) is 0 Å². The molecule has 0 radical (unpaired) electrons. The smallest absolute Gasteiger partial charge is 0.246 e. The van der Waals surface area contributed by atoms with Crippen molar-refractivity contribution in [2.75, 3.05) is 79.9 Å². The number of hydroxylamine groups is 3. The summed E-state index contributed by atoms with van der Waals surface area (Å²) in [5, 5.41) is 39.1. The minimum absolute atomic E-state index is 0.0318. The number of nitrogens with zero attached hydrogens (tertiary/aromatic N) is 1. The van der Waals surface area contributed by atoms with Crippen LogP contribution < -0.4 is 16.0 Å². The SMILES string of the molecule is CNC(CCC(=O)CNCCOCCOCC(=O)NCCOCC[N+](C)([O-])C(C)(C)C(C)=O)C(O)O. The van der Waals surface area contributed by atoms with E-state index in [4.69, 9.17) is 24.4 Å². The molecular formula is C23H46N4O9. The Morgan fingerprint density at radius 3 is 2.22 bits per heavy atom. The Morgan fingerprint density at radius 1 is 1.00 bits per heavy atom. The Hall–Kier alpha value is -1.55. The predicted octanol–water partition coefficient (Wildman–Crippen LogP) is -1.70. The van der Waals surface area contributed by atoms with Crippen molar-refractivity contribution in [3.05, 3.63) is 5.21 Å². The van der Waals surface area contributed by atoms with Gasteiger partial charge in [-0.2, -0.15) is 0 Å². The number of Topliss-reactive ketones (excluding diaryl/α,β-unsaturated/α-hetero) is 2. The molecule has 0 aromatic rings. The number of aliphatic hydroxyl groups excluding tert-OH is 1. The predicted molar refractivity (Wildman–Crippen MR) is 133 cm³/mol. The van der Waals surface area contributed by atoms with Crippen molar-refractivity contribution in [1.82, 2.24) is 16.0 Å². The minimum atomic E-state index is -1.50. The van der Waals surface area contributed by atoms with Gasteiger partial charge in [0.05, 0.1) is 52.7 Å². The molecule has 0 bridgehead atoms. The fourth-order valence-electron chi connectivity index (χ4n) is 2.87. The van der Waals surface area contributed by atoms with Crippen LogP contribution in [0.5, 0.6) is 0 Å². The van der Waals surface area contributed by atoms with Gasteiger partial charge in [-0.15, -0.1) is 0 Å². The number of amides is 1. The molecule has 5 N–H and O–H groups in total. The molecule has 13 nitrogen and oxygen atoms in total. The molecular weight excluding hydrogens is 476 g/mol. The molecule has 1 amide bonds. The Balaban J connectivity index is 3.62. The van der Waals surface area contributed by atoms with Gasteiger partial charge in [-0.05, 0) is 27.3 Å². The second kappa shape index (κ2) is 18.7. The number of ether oxygens (including phenoxy) is 3. The lowest BCUT2D eigenvalue weighted by atomic mass is 9.98. The van der Waals surface area contributed by atoms with Crippen molar-refractivity contribution in [1.29, 1.82) is 0 Å². The van der Waals surface area contributed by atoms with Gasteiger partial charge in [0, 0.05) is 26.4 Å². The summed E-state index contributed by atoms with van der Waals surface area (Å²) in [7, 11) is 3.05. The Morgan fingerprint density at radius 2 is 1.61 bits per heavy atom. The van der Waals surface area contributed by atoms with Gasteiger partial charge in [-0.25, -0.2) is 0 Å². The maximum atomic E-state index is 12.6. The molecule has 36 heavy (non-hydrogen) atoms. The van der Waals surface area contributed by atoms with Crippen molar-refractivity contribution in [2.24, 2.45) is 0 Å². The minimum Gasteiger partial charge on any atom is -0.632 e. The highest BCUT2D eigenvalue weighted by Crippen LogP contribution is 2.21. The summed E-state index contributed by atoms with van der Waals surface area (Å²) in [6.45, 7) is 6.89. The molecule has 13 heteroatoms. The number of ketones is 2. The Labute approximate surface area is 214 Å². The second-order valence-electron chi connectivity index (χ2n) is 9.13. The first kappa shape index (κ1) is 34.5. The highest BCUT2D eigenvalue weighted by molar-refractivity contribution is 5.83. The lowest BCUT2D eigenvalue weighted by Gasteiger charge is -2.49. The van der Waals surface area contributed by atoms with Crippen molar-refractivity contribution in [3.8, 4) is 0 Å². The molecule has 0 saturated carbocycles. The molecule has 212 valence electrons. The molecule has 0 rings (SSSR count). The quantitative estimate of drug-likeness (QED) is 0.0447. The van der Waals surface area contributed by atoms with E-state index in [-0.39, 0.29) is 70.0 Å². The van der Waals surface area contributed by atoms with E-state index in [9.17, 15) is 19.6 Å². The van der Waals surface area contributed by atoms with Gasteiger partial charge in [0.25, 0.3) is 0 Å². The van der Waals surface area contributed by atoms with Crippen LogP contribution in [0.25, 0.3) is 0 Å². The first-order chi connectivity index (χ1) is 16.8. The average molecular weight is 523 g/mol.